The summed E-state index contributed by atoms with van der Waals surface area (Å²) in [5.41, 5.74) is 6.36. The van der Waals surface area contributed by atoms with Crippen LogP contribution in [0.2, 0.25) is 0 Å². The highest BCUT2D eigenvalue weighted by Gasteiger charge is 2.39. The Bertz CT molecular complexity index is 1310. The molecule has 1 aromatic carbocycles. The van der Waals surface area contributed by atoms with Crippen molar-refractivity contribution >= 4 is 41.5 Å². The van der Waals surface area contributed by atoms with Gasteiger partial charge in [-0.1, -0.05) is 44.2 Å². The lowest BCUT2D eigenvalue weighted by Crippen LogP contribution is -2.62. The third kappa shape index (κ3) is 11.9. The molecule has 0 radical (unpaired) electrons. The maximum absolute atomic E-state index is 13.6. The first kappa shape index (κ1) is 39.6. The van der Waals surface area contributed by atoms with E-state index in [0.717, 1.165) is 0 Å². The molecule has 266 valence electrons. The van der Waals surface area contributed by atoms with Crippen molar-refractivity contribution in [3.05, 3.63) is 35.9 Å². The average Bonchev–Trinajstić information content (AvgIpc) is 3.51. The van der Waals surface area contributed by atoms with Gasteiger partial charge in [0.05, 0.1) is 25.2 Å². The van der Waals surface area contributed by atoms with Crippen LogP contribution in [-0.2, 0) is 40.0 Å². The number of amides is 5. The van der Waals surface area contributed by atoms with Crippen molar-refractivity contribution in [2.75, 3.05) is 13.2 Å². The molecule has 5 amide bonds. The van der Waals surface area contributed by atoms with Gasteiger partial charge in [0.15, 0.2) is 0 Å². The summed E-state index contributed by atoms with van der Waals surface area (Å²) in [6.07, 6.45) is -1.51. The van der Waals surface area contributed by atoms with E-state index in [0.29, 0.717) is 12.0 Å². The normalized spacial score (nSPS) is 18.1. The molecule has 2 rings (SSSR count). The molecule has 1 heterocycles. The van der Waals surface area contributed by atoms with Crippen molar-refractivity contribution in [1.29, 1.82) is 0 Å². The van der Waals surface area contributed by atoms with Crippen molar-refractivity contribution in [3.63, 3.8) is 0 Å². The predicted molar refractivity (Wildman–Crippen MR) is 169 cm³/mol. The molecule has 0 unspecified atom stereocenters. The van der Waals surface area contributed by atoms with Crippen molar-refractivity contribution in [2.45, 2.75) is 95.2 Å². The molecule has 7 atom stereocenters. The minimum atomic E-state index is -1.68. The van der Waals surface area contributed by atoms with E-state index in [4.69, 9.17) is 10.8 Å². The topological polar surface area (TPSA) is 278 Å². The van der Waals surface area contributed by atoms with E-state index in [1.54, 1.807) is 44.2 Å². The van der Waals surface area contributed by atoms with Crippen molar-refractivity contribution in [3.8, 4) is 0 Å². The zero-order chi connectivity index (χ0) is 36.1. The number of carbonyl (C=O) groups excluding carboxylic acids is 5. The lowest BCUT2D eigenvalue weighted by Gasteiger charge is -2.29. The summed E-state index contributed by atoms with van der Waals surface area (Å²) in [5.74, 6) is -7.12. The van der Waals surface area contributed by atoms with E-state index >= 15 is 0 Å². The molecule has 0 aromatic heterocycles. The fourth-order valence-corrected chi connectivity index (χ4v) is 5.20. The number of nitrogens with two attached hydrogens (primary N) is 1. The van der Waals surface area contributed by atoms with Crippen LogP contribution in [0.1, 0.15) is 52.0 Å². The third-order valence-electron chi connectivity index (χ3n) is 7.67. The second kappa shape index (κ2) is 18.7. The first-order valence-electron chi connectivity index (χ1n) is 15.6. The molecule has 17 heteroatoms. The van der Waals surface area contributed by atoms with E-state index in [1.807, 2.05) is 0 Å². The molecule has 1 aromatic rings. The number of aliphatic carboxylic acids is 2. The number of carboxylic acid groups (broad SMARTS) is 2. The van der Waals surface area contributed by atoms with Gasteiger partial charge in [0.25, 0.3) is 0 Å². The molecule has 1 aliphatic heterocycles. The van der Waals surface area contributed by atoms with E-state index in [1.165, 1.54) is 11.8 Å². The SMILES string of the molecule is CC(C)C[C@H](NC(=O)[C@H](CO)NC(=O)[C@@H](NC(=O)[C@H](Cc1ccccc1)NC(=O)[C@@H]1CCCN1C(=O)[C@@H](N)CC(=O)O)[C@@H](C)O)C(=O)O. The molecule has 0 aliphatic carbocycles. The quantitative estimate of drug-likeness (QED) is 0.0777. The van der Waals surface area contributed by atoms with Gasteiger partial charge in [-0.3, -0.25) is 28.8 Å². The Labute approximate surface area is 277 Å². The number of hydrogen-bond donors (Lipinski definition) is 9. The lowest BCUT2D eigenvalue weighted by atomic mass is 10.0. The highest BCUT2D eigenvalue weighted by molar-refractivity contribution is 5.97. The summed E-state index contributed by atoms with van der Waals surface area (Å²) in [6.45, 7) is 3.91. The van der Waals surface area contributed by atoms with Crippen molar-refractivity contribution in [2.24, 2.45) is 11.7 Å². The van der Waals surface area contributed by atoms with Gasteiger partial charge in [-0.25, -0.2) is 4.79 Å². The third-order valence-corrected chi connectivity index (χ3v) is 7.67. The Kier molecular flexibility index (Phi) is 15.4. The van der Waals surface area contributed by atoms with Crippen LogP contribution < -0.4 is 27.0 Å². The summed E-state index contributed by atoms with van der Waals surface area (Å²) in [6, 6.07) is 0.176. The van der Waals surface area contributed by atoms with Gasteiger partial charge in [0, 0.05) is 13.0 Å². The van der Waals surface area contributed by atoms with Crippen LogP contribution in [0.3, 0.4) is 0 Å². The molecule has 10 N–H and O–H groups in total. The van der Waals surface area contributed by atoms with E-state index in [2.05, 4.69) is 21.3 Å². The molecule has 17 nitrogen and oxygen atoms in total. The number of benzene rings is 1. The number of carboxylic acids is 2. The van der Waals surface area contributed by atoms with Crippen LogP contribution in [0.25, 0.3) is 0 Å². The van der Waals surface area contributed by atoms with Gasteiger partial charge in [0.1, 0.15) is 30.2 Å². The fraction of sp³-hybridized carbons (Fsp3) is 0.581. The second-order valence-electron chi connectivity index (χ2n) is 12.1. The van der Waals surface area contributed by atoms with Crippen LogP contribution in [0.4, 0.5) is 0 Å². The first-order chi connectivity index (χ1) is 22.5. The van der Waals surface area contributed by atoms with Crippen molar-refractivity contribution in [1.82, 2.24) is 26.2 Å². The Hall–Kier alpha value is -4.61. The molecule has 0 spiro atoms. The van der Waals surface area contributed by atoms with Crippen LogP contribution in [0, 0.1) is 5.92 Å². The number of aliphatic hydroxyl groups is 2. The Morgan fingerprint density at radius 3 is 2.02 bits per heavy atom. The Morgan fingerprint density at radius 1 is 0.875 bits per heavy atom. The van der Waals surface area contributed by atoms with E-state index in [-0.39, 0.29) is 31.7 Å². The minimum Gasteiger partial charge on any atom is -0.481 e. The number of hydrogen-bond acceptors (Lipinski definition) is 10. The van der Waals surface area contributed by atoms with Gasteiger partial charge >= 0.3 is 11.9 Å². The zero-order valence-electron chi connectivity index (χ0n) is 27.1. The monoisotopic (exact) mass is 678 g/mol. The van der Waals surface area contributed by atoms with Gasteiger partial charge in [-0.15, -0.1) is 0 Å². The van der Waals surface area contributed by atoms with Gasteiger partial charge in [-0.05, 0) is 37.7 Å². The minimum absolute atomic E-state index is 0.0696. The summed E-state index contributed by atoms with van der Waals surface area (Å²) in [5, 5.41) is 48.1. The van der Waals surface area contributed by atoms with Crippen LogP contribution >= 0.6 is 0 Å². The second-order valence-corrected chi connectivity index (χ2v) is 12.1. The van der Waals surface area contributed by atoms with E-state index < -0.39 is 96.9 Å². The smallest absolute Gasteiger partial charge is 0.326 e. The zero-order valence-corrected chi connectivity index (χ0v) is 27.1. The van der Waals surface area contributed by atoms with Gasteiger partial charge < -0.3 is 52.3 Å². The molecular formula is C31H46N6O11. The maximum Gasteiger partial charge on any atom is 0.326 e. The number of nitrogens with zero attached hydrogens (tertiary/aromatic N) is 1. The first-order valence-corrected chi connectivity index (χ1v) is 15.6. The number of likely N-dealkylation sites (tertiary alicyclic amines) is 1. The number of nitrogens with one attached hydrogen (secondary N) is 4. The Morgan fingerprint density at radius 2 is 1.48 bits per heavy atom. The predicted octanol–water partition coefficient (Wildman–Crippen LogP) is -2.53. The lowest BCUT2D eigenvalue weighted by molar-refractivity contribution is -0.144. The van der Waals surface area contributed by atoms with Gasteiger partial charge in [-0.2, -0.15) is 0 Å². The highest BCUT2D eigenvalue weighted by Crippen LogP contribution is 2.19. The number of aliphatic hydroxyl groups excluding tert-OH is 2. The fourth-order valence-electron chi connectivity index (χ4n) is 5.20. The molecule has 0 saturated carbocycles. The summed E-state index contributed by atoms with van der Waals surface area (Å²) >= 11 is 0. The molecule has 1 saturated heterocycles. The maximum atomic E-state index is 13.6. The standard InChI is InChI=1S/C31H46N6O11/c1-16(2)12-21(31(47)48)34-27(43)22(15-38)35-29(45)25(17(3)39)36-26(42)20(13-18-8-5-4-6-9-18)33-28(44)23-10-7-11-37(23)30(46)19(32)14-24(40)41/h4-6,8-9,16-17,19-23,25,38-39H,7,10-15,32H2,1-3H3,(H,33,44)(H,34,43)(H,35,45)(H,36,42)(H,40,41)(H,47,48)/t17-,19+,20+,21+,22+,23+,25+/m1/s1. The molecular weight excluding hydrogens is 632 g/mol. The van der Waals surface area contributed by atoms with Gasteiger partial charge in [0.2, 0.25) is 29.5 Å². The van der Waals surface area contributed by atoms with Crippen LogP contribution in [0.5, 0.6) is 0 Å². The molecule has 0 bridgehead atoms. The highest BCUT2D eigenvalue weighted by atomic mass is 16.4. The molecule has 1 aliphatic rings. The summed E-state index contributed by atoms with van der Waals surface area (Å²) in [4.78, 5) is 89.6. The van der Waals surface area contributed by atoms with E-state index in [9.17, 15) is 48.9 Å². The largest absolute Gasteiger partial charge is 0.481 e. The average molecular weight is 679 g/mol. The molecule has 48 heavy (non-hydrogen) atoms. The number of rotatable bonds is 18. The molecule has 1 fully saturated rings. The van der Waals surface area contributed by atoms with Crippen LogP contribution in [0.15, 0.2) is 30.3 Å². The Balaban J connectivity index is 2.23. The van der Waals surface area contributed by atoms with Crippen molar-refractivity contribution < 1.29 is 54.0 Å². The summed E-state index contributed by atoms with van der Waals surface area (Å²) < 4.78 is 0. The van der Waals surface area contributed by atoms with Crippen LogP contribution in [-0.4, -0.2) is 122 Å². The number of carbonyl (C=O) groups is 7. The summed E-state index contributed by atoms with van der Waals surface area (Å²) in [7, 11) is 0.